The molecule has 3 aliphatic carbocycles. The van der Waals surface area contributed by atoms with E-state index in [2.05, 4.69) is 4.90 Å². The van der Waals surface area contributed by atoms with E-state index < -0.39 is 40.1 Å². The molecule has 5 heterocycles. The van der Waals surface area contributed by atoms with Crippen LogP contribution in [0.2, 0.25) is 0 Å². The quantitative estimate of drug-likeness (QED) is 0.663. The van der Waals surface area contributed by atoms with Gasteiger partial charge in [-0.2, -0.15) is 0 Å². The first-order valence-electron chi connectivity index (χ1n) is 11.6. The van der Waals surface area contributed by atoms with Gasteiger partial charge in [-0.25, -0.2) is 9.59 Å². The van der Waals surface area contributed by atoms with Crippen molar-refractivity contribution in [3.63, 3.8) is 0 Å². The Bertz CT molecular complexity index is 1100. The maximum absolute atomic E-state index is 13.7. The molecule has 4 saturated heterocycles. The van der Waals surface area contributed by atoms with Crippen molar-refractivity contribution < 1.29 is 33.6 Å². The largest absolute Gasteiger partial charge is 0.467 e. The van der Waals surface area contributed by atoms with Crippen molar-refractivity contribution in [2.75, 3.05) is 32.8 Å². The number of hydrogen-bond donors (Lipinski definition) is 1. The lowest BCUT2D eigenvalue weighted by molar-refractivity contribution is -0.391. The Balaban J connectivity index is 1.63. The second-order valence-electron chi connectivity index (χ2n) is 10.3. The third-order valence-corrected chi connectivity index (χ3v) is 10.1. The van der Waals surface area contributed by atoms with Gasteiger partial charge in [0.1, 0.15) is 17.9 Å². The monoisotopic (exact) mass is 456 g/mol. The number of piperidine rings is 1. The fourth-order valence-corrected chi connectivity index (χ4v) is 9.42. The van der Waals surface area contributed by atoms with E-state index in [9.17, 15) is 14.7 Å². The number of hydrogen-bond acceptors (Lipinski definition) is 8. The van der Waals surface area contributed by atoms with E-state index >= 15 is 0 Å². The average molecular weight is 456 g/mol. The average Bonchev–Trinajstić information content (AvgIpc) is 3.40. The van der Waals surface area contributed by atoms with Gasteiger partial charge < -0.3 is 24.1 Å². The van der Waals surface area contributed by atoms with Crippen molar-refractivity contribution in [2.45, 2.75) is 66.7 Å². The van der Waals surface area contributed by atoms with E-state index in [0.29, 0.717) is 31.4 Å². The van der Waals surface area contributed by atoms with Crippen LogP contribution in [0.15, 0.2) is 24.3 Å². The van der Waals surface area contributed by atoms with Crippen LogP contribution in [0.5, 0.6) is 0 Å². The highest BCUT2D eigenvalue weighted by atomic mass is 16.6. The summed E-state index contributed by atoms with van der Waals surface area (Å²) >= 11 is 0. The van der Waals surface area contributed by atoms with E-state index in [1.54, 1.807) is 12.0 Å². The summed E-state index contributed by atoms with van der Waals surface area (Å²) in [7, 11) is 4.31. The zero-order valence-corrected chi connectivity index (χ0v) is 18.9. The van der Waals surface area contributed by atoms with Crippen LogP contribution < -0.4 is 4.90 Å². The molecule has 9 nitrogen and oxygen atoms in total. The molecule has 9 rings (SSSR count). The lowest BCUT2D eigenvalue weighted by Gasteiger charge is -2.78. The maximum Gasteiger partial charge on any atom is 0.414 e. The molecular formula is C24H28N2O7. The van der Waals surface area contributed by atoms with E-state index in [-0.39, 0.29) is 18.4 Å². The molecule has 1 unspecified atom stereocenters. The molecule has 1 N–H and O–H groups in total. The zero-order chi connectivity index (χ0) is 23.0. The number of nitrogens with zero attached hydrogens (tertiary/aromatic N) is 2. The van der Waals surface area contributed by atoms with E-state index in [4.69, 9.17) is 18.9 Å². The Morgan fingerprint density at radius 3 is 2.64 bits per heavy atom. The van der Waals surface area contributed by atoms with E-state index in [1.807, 2.05) is 24.3 Å². The molecule has 5 bridgehead atoms. The maximum atomic E-state index is 13.7. The number of benzene rings is 1. The first-order chi connectivity index (χ1) is 15.9. The van der Waals surface area contributed by atoms with Crippen molar-refractivity contribution in [2.24, 2.45) is 5.41 Å². The number of methoxy groups -OCH3 is 3. The van der Waals surface area contributed by atoms with E-state index in [1.165, 1.54) is 14.2 Å². The van der Waals surface area contributed by atoms with Gasteiger partial charge >= 0.3 is 12.1 Å². The number of para-hydroxylation sites is 1. The van der Waals surface area contributed by atoms with Crippen molar-refractivity contribution >= 4 is 17.7 Å². The van der Waals surface area contributed by atoms with Gasteiger partial charge in [-0.05, 0) is 30.9 Å². The molecule has 1 aromatic rings. The van der Waals surface area contributed by atoms with Gasteiger partial charge in [0.05, 0.1) is 26.0 Å². The topological polar surface area (TPSA) is 97.8 Å². The molecule has 8 atom stereocenters. The summed E-state index contributed by atoms with van der Waals surface area (Å²) in [6.07, 6.45) is 0.555. The van der Waals surface area contributed by atoms with Crippen LogP contribution in [0.3, 0.4) is 0 Å². The second-order valence-corrected chi connectivity index (χ2v) is 10.3. The van der Waals surface area contributed by atoms with Crippen molar-refractivity contribution in [1.82, 2.24) is 4.90 Å². The zero-order valence-electron chi connectivity index (χ0n) is 18.9. The Morgan fingerprint density at radius 2 is 1.91 bits per heavy atom. The summed E-state index contributed by atoms with van der Waals surface area (Å²) < 4.78 is 23.2. The molecule has 9 heteroatoms. The second kappa shape index (κ2) is 5.89. The van der Waals surface area contributed by atoms with Crippen LogP contribution in [0.1, 0.15) is 31.2 Å². The van der Waals surface area contributed by atoms with Gasteiger partial charge in [0, 0.05) is 36.9 Å². The molecule has 3 saturated carbocycles. The van der Waals surface area contributed by atoms with Crippen molar-refractivity contribution in [3.8, 4) is 0 Å². The molecule has 5 aliphatic heterocycles. The Labute approximate surface area is 191 Å². The van der Waals surface area contributed by atoms with Crippen molar-refractivity contribution in [1.29, 1.82) is 0 Å². The Morgan fingerprint density at radius 1 is 1.12 bits per heavy atom. The molecule has 8 aliphatic rings. The van der Waals surface area contributed by atoms with Crippen LogP contribution in [0, 0.1) is 5.41 Å². The van der Waals surface area contributed by atoms with Gasteiger partial charge in [0.2, 0.25) is 5.60 Å². The Hall–Kier alpha value is -2.20. The van der Waals surface area contributed by atoms with E-state index in [0.717, 1.165) is 12.1 Å². The van der Waals surface area contributed by atoms with Crippen LogP contribution in [0.25, 0.3) is 0 Å². The third kappa shape index (κ3) is 1.66. The summed E-state index contributed by atoms with van der Waals surface area (Å²) in [6, 6.07) is 7.72. The minimum absolute atomic E-state index is 0.0399. The number of esters is 1. The molecular weight excluding hydrogens is 428 g/mol. The normalized spacial score (nSPS) is 47.9. The SMILES string of the molecule is COC(=O)N1c2ccccc2[C@@]23CCN4[C@H]5C[C@H](OC)[C@]6(CC[C@]12[C@](O)(C(=O)OC)C6O5)[C@H]43. The first kappa shape index (κ1) is 20.2. The highest BCUT2D eigenvalue weighted by molar-refractivity contribution is 5.99. The minimum Gasteiger partial charge on any atom is -0.467 e. The highest BCUT2D eigenvalue weighted by Crippen LogP contribution is 2.79. The summed E-state index contributed by atoms with van der Waals surface area (Å²) in [6.45, 7) is 0.753. The fourth-order valence-electron chi connectivity index (χ4n) is 9.42. The number of ether oxygens (including phenoxy) is 4. The number of fused-ring (bicyclic) bond motifs is 3. The van der Waals surface area contributed by atoms with Gasteiger partial charge in [-0.15, -0.1) is 0 Å². The Kier molecular flexibility index (Phi) is 3.60. The number of carbonyl (C=O) groups excluding carboxylic acids is 2. The van der Waals surface area contributed by atoms with Gasteiger partial charge in [0.15, 0.2) is 0 Å². The lowest BCUT2D eigenvalue weighted by atomic mass is 9.35. The van der Waals surface area contributed by atoms with Crippen LogP contribution in [0.4, 0.5) is 10.5 Å². The third-order valence-electron chi connectivity index (χ3n) is 10.1. The summed E-state index contributed by atoms with van der Waals surface area (Å²) in [5, 5.41) is 12.7. The molecule has 3 spiro atoms. The summed E-state index contributed by atoms with van der Waals surface area (Å²) in [5.74, 6) is -0.771. The molecule has 0 aromatic heterocycles. The summed E-state index contributed by atoms with van der Waals surface area (Å²) in [4.78, 5) is 31.1. The highest BCUT2D eigenvalue weighted by Gasteiger charge is 2.93. The molecule has 33 heavy (non-hydrogen) atoms. The predicted molar refractivity (Wildman–Crippen MR) is 114 cm³/mol. The molecule has 7 fully saturated rings. The fraction of sp³-hybridized carbons (Fsp3) is 0.667. The predicted octanol–water partition coefficient (Wildman–Crippen LogP) is 1.17. The number of aliphatic hydroxyl groups is 1. The molecule has 176 valence electrons. The number of carbonyl (C=O) groups is 2. The van der Waals surface area contributed by atoms with Crippen LogP contribution in [-0.2, 0) is 29.2 Å². The lowest BCUT2D eigenvalue weighted by Crippen LogP contribution is -2.95. The number of rotatable bonds is 2. The standard InChI is InChI=1S/C24H28N2O7/c1-30-15-12-16-25-11-10-22-13-6-4-5-7-14(13)26(20(28)32-3)23(22)9-8-21(15,17(22)25)18(33-16)24(23,29)19(27)31-2/h4-7,15-18,29H,8-12H2,1-3H3/t15-,16+,17-,18?,21+,22+,23-,24+/m0/s1. The minimum atomic E-state index is -2.09. The number of amides is 1. The molecule has 0 radical (unpaired) electrons. The van der Waals surface area contributed by atoms with Gasteiger partial charge in [-0.1, -0.05) is 18.2 Å². The van der Waals surface area contributed by atoms with Gasteiger partial charge in [0.25, 0.3) is 0 Å². The van der Waals surface area contributed by atoms with Gasteiger partial charge in [-0.3, -0.25) is 9.80 Å². The van der Waals surface area contributed by atoms with Crippen molar-refractivity contribution in [3.05, 3.63) is 29.8 Å². The number of anilines is 1. The van der Waals surface area contributed by atoms with Crippen LogP contribution >= 0.6 is 0 Å². The summed E-state index contributed by atoms with van der Waals surface area (Å²) in [5.41, 5.74) is -3.02. The first-order valence-corrected chi connectivity index (χ1v) is 11.6. The van der Waals surface area contributed by atoms with Crippen LogP contribution in [-0.4, -0.2) is 85.6 Å². The smallest absolute Gasteiger partial charge is 0.414 e. The molecule has 1 aromatic carbocycles. The molecule has 1 amide bonds.